The molecule has 1 spiro atoms. The molecule has 0 unspecified atom stereocenters. The monoisotopic (exact) mass is 378 g/mol. The molecular formula is C23H26N2O3. The summed E-state index contributed by atoms with van der Waals surface area (Å²) in [4.78, 5) is 32.0. The molecule has 2 fully saturated rings. The Morgan fingerprint density at radius 1 is 0.964 bits per heavy atom. The number of amides is 2. The Kier molecular flexibility index (Phi) is 5.18. The summed E-state index contributed by atoms with van der Waals surface area (Å²) < 4.78 is 0. The van der Waals surface area contributed by atoms with Crippen molar-refractivity contribution in [1.29, 1.82) is 0 Å². The molecule has 2 aromatic carbocycles. The minimum absolute atomic E-state index is 0.0563. The van der Waals surface area contributed by atoms with Crippen molar-refractivity contribution >= 4 is 11.8 Å². The van der Waals surface area contributed by atoms with Gasteiger partial charge >= 0.3 is 0 Å². The lowest BCUT2D eigenvalue weighted by Gasteiger charge is -2.43. The Labute approximate surface area is 165 Å². The normalized spacial score (nSPS) is 18.7. The van der Waals surface area contributed by atoms with Gasteiger partial charge in [0.05, 0.1) is 19.1 Å². The summed E-state index contributed by atoms with van der Waals surface area (Å²) in [5, 5.41) is 1.55. The van der Waals surface area contributed by atoms with Gasteiger partial charge in [0.1, 0.15) is 0 Å². The van der Waals surface area contributed by atoms with Gasteiger partial charge in [0.2, 0.25) is 11.8 Å². The molecule has 2 saturated heterocycles. The first kappa shape index (κ1) is 18.7. The molecule has 28 heavy (non-hydrogen) atoms. The van der Waals surface area contributed by atoms with Crippen LogP contribution in [-0.4, -0.2) is 47.5 Å². The van der Waals surface area contributed by atoms with Crippen molar-refractivity contribution in [3.05, 3.63) is 60.2 Å². The molecule has 5 heteroatoms. The standard InChI is InChI=1S/C23H26N2O3/c1-28-25-21(26)11-12-23(25)13-15-24(16-14-23)22(27)17-18-7-9-20(10-8-18)19-5-3-2-4-6-19/h2-10H,11-17H2,1H3. The number of likely N-dealkylation sites (tertiary alicyclic amines) is 1. The summed E-state index contributed by atoms with van der Waals surface area (Å²) in [6.07, 6.45) is 3.34. The zero-order chi connectivity index (χ0) is 19.6. The third-order valence-electron chi connectivity index (χ3n) is 6.11. The first-order valence-corrected chi connectivity index (χ1v) is 9.91. The maximum atomic E-state index is 12.8. The lowest BCUT2D eigenvalue weighted by atomic mass is 9.86. The van der Waals surface area contributed by atoms with E-state index in [1.807, 2.05) is 35.2 Å². The number of piperidine rings is 1. The number of carbonyl (C=O) groups excluding carboxylic acids is 2. The zero-order valence-corrected chi connectivity index (χ0v) is 16.3. The molecule has 2 amide bonds. The van der Waals surface area contributed by atoms with Gasteiger partial charge in [0.15, 0.2) is 0 Å². The molecule has 146 valence electrons. The van der Waals surface area contributed by atoms with Crippen LogP contribution in [0.25, 0.3) is 11.1 Å². The van der Waals surface area contributed by atoms with Crippen molar-refractivity contribution in [3.8, 4) is 11.1 Å². The topological polar surface area (TPSA) is 49.9 Å². The molecule has 4 rings (SSSR count). The van der Waals surface area contributed by atoms with E-state index in [0.717, 1.165) is 30.4 Å². The number of benzene rings is 2. The third kappa shape index (κ3) is 3.54. The largest absolute Gasteiger partial charge is 0.342 e. The average Bonchev–Trinajstić information content (AvgIpc) is 3.04. The van der Waals surface area contributed by atoms with E-state index in [1.54, 1.807) is 12.2 Å². The van der Waals surface area contributed by atoms with Crippen LogP contribution in [-0.2, 0) is 20.8 Å². The van der Waals surface area contributed by atoms with Crippen molar-refractivity contribution in [2.45, 2.75) is 37.6 Å². The minimum Gasteiger partial charge on any atom is -0.342 e. The molecule has 0 aliphatic carbocycles. The summed E-state index contributed by atoms with van der Waals surface area (Å²) in [7, 11) is 1.56. The van der Waals surface area contributed by atoms with Gasteiger partial charge in [0, 0.05) is 19.5 Å². The fourth-order valence-electron chi connectivity index (χ4n) is 4.46. The number of nitrogens with zero attached hydrogens (tertiary/aromatic N) is 2. The Bertz CT molecular complexity index is 840. The van der Waals surface area contributed by atoms with E-state index < -0.39 is 0 Å². The number of hydroxylamine groups is 2. The first-order chi connectivity index (χ1) is 13.6. The van der Waals surface area contributed by atoms with Crippen molar-refractivity contribution in [2.75, 3.05) is 20.2 Å². The van der Waals surface area contributed by atoms with Crippen LogP contribution < -0.4 is 0 Å². The Hall–Kier alpha value is -2.66. The molecule has 2 heterocycles. The van der Waals surface area contributed by atoms with Crippen LogP contribution in [0.5, 0.6) is 0 Å². The predicted molar refractivity (Wildman–Crippen MR) is 107 cm³/mol. The fourth-order valence-corrected chi connectivity index (χ4v) is 4.46. The Balaban J connectivity index is 1.35. The maximum absolute atomic E-state index is 12.8. The summed E-state index contributed by atoms with van der Waals surface area (Å²) in [6.45, 7) is 1.35. The summed E-state index contributed by atoms with van der Waals surface area (Å²) >= 11 is 0. The second kappa shape index (κ2) is 7.76. The molecule has 0 atom stereocenters. The third-order valence-corrected chi connectivity index (χ3v) is 6.11. The number of carbonyl (C=O) groups is 2. The van der Waals surface area contributed by atoms with E-state index in [2.05, 4.69) is 24.3 Å². The highest BCUT2D eigenvalue weighted by atomic mass is 16.7. The van der Waals surface area contributed by atoms with Gasteiger partial charge in [-0.3, -0.25) is 14.4 Å². The molecule has 0 saturated carbocycles. The van der Waals surface area contributed by atoms with Crippen LogP contribution in [0.1, 0.15) is 31.2 Å². The van der Waals surface area contributed by atoms with Crippen molar-refractivity contribution < 1.29 is 14.4 Å². The van der Waals surface area contributed by atoms with E-state index in [4.69, 9.17) is 4.84 Å². The molecule has 0 aromatic heterocycles. The zero-order valence-electron chi connectivity index (χ0n) is 16.3. The number of rotatable bonds is 4. The number of hydrogen-bond acceptors (Lipinski definition) is 3. The summed E-state index contributed by atoms with van der Waals surface area (Å²) in [6, 6.07) is 18.4. The van der Waals surface area contributed by atoms with Crippen LogP contribution in [0.2, 0.25) is 0 Å². The lowest BCUT2D eigenvalue weighted by Crippen LogP contribution is -2.53. The number of hydrogen-bond donors (Lipinski definition) is 0. The van der Waals surface area contributed by atoms with Crippen LogP contribution in [0.3, 0.4) is 0 Å². The van der Waals surface area contributed by atoms with Gasteiger partial charge < -0.3 is 4.90 Å². The average molecular weight is 378 g/mol. The van der Waals surface area contributed by atoms with Gasteiger partial charge in [-0.15, -0.1) is 0 Å². The maximum Gasteiger partial charge on any atom is 0.246 e. The Morgan fingerprint density at radius 2 is 1.61 bits per heavy atom. The molecule has 2 aliphatic rings. The minimum atomic E-state index is -0.222. The van der Waals surface area contributed by atoms with Crippen LogP contribution in [0.15, 0.2) is 54.6 Å². The van der Waals surface area contributed by atoms with Crippen LogP contribution in [0.4, 0.5) is 0 Å². The summed E-state index contributed by atoms with van der Waals surface area (Å²) in [5.41, 5.74) is 3.14. The quantitative estimate of drug-likeness (QED) is 0.819. The molecule has 0 radical (unpaired) electrons. The molecule has 0 N–H and O–H groups in total. The van der Waals surface area contributed by atoms with Crippen molar-refractivity contribution in [1.82, 2.24) is 9.96 Å². The van der Waals surface area contributed by atoms with Crippen molar-refractivity contribution in [2.24, 2.45) is 0 Å². The Morgan fingerprint density at radius 3 is 2.25 bits per heavy atom. The molecule has 2 aromatic rings. The molecule has 0 bridgehead atoms. The van der Waals surface area contributed by atoms with Crippen molar-refractivity contribution in [3.63, 3.8) is 0 Å². The van der Waals surface area contributed by atoms with Gasteiger partial charge in [-0.05, 0) is 36.0 Å². The smallest absolute Gasteiger partial charge is 0.246 e. The lowest BCUT2D eigenvalue weighted by molar-refractivity contribution is -0.202. The van der Waals surface area contributed by atoms with E-state index >= 15 is 0 Å². The van der Waals surface area contributed by atoms with Gasteiger partial charge in [0.25, 0.3) is 0 Å². The van der Waals surface area contributed by atoms with Gasteiger partial charge in [-0.25, -0.2) is 5.06 Å². The van der Waals surface area contributed by atoms with Crippen LogP contribution in [0, 0.1) is 0 Å². The highest BCUT2D eigenvalue weighted by molar-refractivity contribution is 5.80. The van der Waals surface area contributed by atoms with E-state index in [0.29, 0.717) is 25.9 Å². The van der Waals surface area contributed by atoms with Gasteiger partial charge in [-0.2, -0.15) is 0 Å². The summed E-state index contributed by atoms with van der Waals surface area (Å²) in [5.74, 6) is 0.205. The predicted octanol–water partition coefficient (Wildman–Crippen LogP) is 3.44. The van der Waals surface area contributed by atoms with E-state index in [-0.39, 0.29) is 17.4 Å². The molecule has 2 aliphatic heterocycles. The molecular weight excluding hydrogens is 352 g/mol. The second-order valence-corrected chi connectivity index (χ2v) is 7.72. The van der Waals surface area contributed by atoms with E-state index in [9.17, 15) is 9.59 Å². The fraction of sp³-hybridized carbons (Fsp3) is 0.391. The van der Waals surface area contributed by atoms with E-state index in [1.165, 1.54) is 5.56 Å². The molecule has 5 nitrogen and oxygen atoms in total. The van der Waals surface area contributed by atoms with Crippen LogP contribution >= 0.6 is 0 Å². The highest BCUT2D eigenvalue weighted by Crippen LogP contribution is 2.39. The highest BCUT2D eigenvalue weighted by Gasteiger charge is 2.48. The SMILES string of the molecule is CON1C(=O)CCC12CCN(C(=O)Cc1ccc(-c3ccccc3)cc1)CC2. The first-order valence-electron chi connectivity index (χ1n) is 9.91. The second-order valence-electron chi connectivity index (χ2n) is 7.72. The van der Waals surface area contributed by atoms with Gasteiger partial charge in [-0.1, -0.05) is 54.6 Å².